The van der Waals surface area contributed by atoms with E-state index in [-0.39, 0.29) is 42.5 Å². The number of piperidine rings is 1. The van der Waals surface area contributed by atoms with E-state index in [1.165, 1.54) is 12.0 Å². The molecule has 0 spiro atoms. The Kier molecular flexibility index (Phi) is 18.5. The maximum atomic E-state index is 14.4. The largest absolute Gasteiger partial charge is 0.460 e. The summed E-state index contributed by atoms with van der Waals surface area (Å²) in [7, 11) is 4.52. The monoisotopic (exact) mass is 898 g/mol. The number of allylic oxidation sites excluding steroid dienone is 6. The lowest BCUT2D eigenvalue weighted by Crippen LogP contribution is -2.65. The Morgan fingerprint density at radius 1 is 0.844 bits per heavy atom. The fourth-order valence-corrected chi connectivity index (χ4v) is 10.9. The van der Waals surface area contributed by atoms with E-state index in [2.05, 4.69) is 0 Å². The van der Waals surface area contributed by atoms with Gasteiger partial charge in [-0.1, -0.05) is 64.2 Å². The van der Waals surface area contributed by atoms with Crippen LogP contribution in [0.25, 0.3) is 0 Å². The molecule has 0 aromatic carbocycles. The summed E-state index contributed by atoms with van der Waals surface area (Å²) in [5, 5.41) is 34.1. The smallest absolute Gasteiger partial charge is 0.329 e. The Morgan fingerprint density at radius 2 is 1.58 bits per heavy atom. The van der Waals surface area contributed by atoms with Crippen LogP contribution in [0.2, 0.25) is 0 Å². The third-order valence-electron chi connectivity index (χ3n) is 14.9. The molecule has 4 fully saturated rings. The number of rotatable bonds is 5. The van der Waals surface area contributed by atoms with E-state index < -0.39 is 95.7 Å². The first-order valence-corrected chi connectivity index (χ1v) is 23.5. The molecule has 4 bridgehead atoms. The molecular weight excluding hydrogens is 823 g/mol. The van der Waals surface area contributed by atoms with Gasteiger partial charge in [0.05, 0.1) is 24.4 Å². The number of esters is 1. The van der Waals surface area contributed by atoms with Crippen LogP contribution < -0.4 is 0 Å². The van der Waals surface area contributed by atoms with Crippen molar-refractivity contribution in [1.82, 2.24) is 4.90 Å². The first-order chi connectivity index (χ1) is 30.3. The van der Waals surface area contributed by atoms with Crippen molar-refractivity contribution >= 4 is 29.2 Å². The van der Waals surface area contributed by atoms with Crippen LogP contribution in [0.4, 0.5) is 0 Å². The van der Waals surface area contributed by atoms with Gasteiger partial charge in [0.1, 0.15) is 30.1 Å². The van der Waals surface area contributed by atoms with Gasteiger partial charge in [-0.2, -0.15) is 0 Å². The number of aliphatic hydroxyl groups excluding tert-OH is 2. The van der Waals surface area contributed by atoms with Crippen molar-refractivity contribution in [3.05, 3.63) is 47.6 Å². The van der Waals surface area contributed by atoms with Crippen LogP contribution in [-0.4, -0.2) is 132 Å². The highest BCUT2D eigenvalue weighted by molar-refractivity contribution is 6.39. The highest BCUT2D eigenvalue weighted by Gasteiger charge is 2.57. The Hall–Kier alpha value is -3.37. The van der Waals surface area contributed by atoms with Crippen molar-refractivity contribution in [3.8, 4) is 0 Å². The maximum absolute atomic E-state index is 14.4. The van der Waals surface area contributed by atoms with Gasteiger partial charge in [0.15, 0.2) is 5.78 Å². The first-order valence-electron chi connectivity index (χ1n) is 23.5. The predicted octanol–water partition coefficient (Wildman–Crippen LogP) is 5.40. The van der Waals surface area contributed by atoms with Crippen LogP contribution in [-0.2, 0) is 47.7 Å². The molecule has 3 saturated heterocycles. The molecular formula is C50H75NO13. The molecule has 358 valence electrons. The molecule has 5 rings (SSSR count). The van der Waals surface area contributed by atoms with Crippen LogP contribution in [0.5, 0.6) is 0 Å². The van der Waals surface area contributed by atoms with Gasteiger partial charge in [0.2, 0.25) is 5.79 Å². The van der Waals surface area contributed by atoms with Gasteiger partial charge in [0.25, 0.3) is 11.7 Å². The molecule has 1 aliphatic carbocycles. The number of fused-ring (bicyclic) bond motifs is 4. The van der Waals surface area contributed by atoms with Crippen LogP contribution in [0.3, 0.4) is 0 Å². The molecule has 4 aliphatic heterocycles. The molecule has 1 amide bonds. The summed E-state index contributed by atoms with van der Waals surface area (Å²) >= 11 is 0. The number of ether oxygens (including phenoxy) is 5. The van der Waals surface area contributed by atoms with Crippen molar-refractivity contribution in [3.63, 3.8) is 0 Å². The number of amides is 1. The number of nitrogens with zero attached hydrogens (tertiary/aromatic N) is 1. The van der Waals surface area contributed by atoms with E-state index in [9.17, 15) is 39.3 Å². The molecule has 0 radical (unpaired) electrons. The van der Waals surface area contributed by atoms with Crippen molar-refractivity contribution in [2.45, 2.75) is 167 Å². The molecule has 3 N–H and O–H groups in total. The molecule has 64 heavy (non-hydrogen) atoms. The second-order valence-corrected chi connectivity index (χ2v) is 19.5. The van der Waals surface area contributed by atoms with E-state index in [0.29, 0.717) is 69.8 Å². The maximum Gasteiger partial charge on any atom is 0.329 e. The van der Waals surface area contributed by atoms with Crippen molar-refractivity contribution in [1.29, 1.82) is 0 Å². The molecule has 0 aromatic heterocycles. The summed E-state index contributed by atoms with van der Waals surface area (Å²) in [5.74, 6) is -8.43. The third-order valence-corrected chi connectivity index (χ3v) is 14.9. The van der Waals surface area contributed by atoms with Crippen molar-refractivity contribution in [2.75, 3.05) is 27.9 Å². The summed E-state index contributed by atoms with van der Waals surface area (Å²) in [6, 6.07) is -1.12. The predicted molar refractivity (Wildman–Crippen MR) is 238 cm³/mol. The van der Waals surface area contributed by atoms with E-state index in [1.807, 2.05) is 51.2 Å². The number of carbonyl (C=O) groups excluding carboxylic acids is 5. The number of ketones is 3. The van der Waals surface area contributed by atoms with E-state index in [4.69, 9.17) is 23.7 Å². The summed E-state index contributed by atoms with van der Waals surface area (Å²) in [6.45, 7) is 10.9. The third kappa shape index (κ3) is 12.0. The van der Waals surface area contributed by atoms with Gasteiger partial charge in [-0.05, 0) is 101 Å². The van der Waals surface area contributed by atoms with Crippen molar-refractivity contribution < 1.29 is 63.0 Å². The van der Waals surface area contributed by atoms with Gasteiger partial charge in [-0.15, -0.1) is 0 Å². The number of hydrogen-bond acceptors (Lipinski definition) is 13. The van der Waals surface area contributed by atoms with Gasteiger partial charge >= 0.3 is 5.97 Å². The lowest BCUT2D eigenvalue weighted by Gasteiger charge is -2.50. The van der Waals surface area contributed by atoms with E-state index in [1.54, 1.807) is 41.1 Å². The molecule has 2 unspecified atom stereocenters. The Morgan fingerprint density at radius 3 is 2.27 bits per heavy atom. The summed E-state index contributed by atoms with van der Waals surface area (Å²) in [5.41, 5.74) is 1.28. The standard InChI is InChI=1S/C50H75NO13/c1-28-14-11-10-12-15-29(2)40(60-7)26-35-19-17-33(6)50(59,64-35)47(56)48(57)51-21-13-16-36-37(24-34-18-20-38(52)42(25-34)61-8)41(63-49(58)43(36)51)27-39(53)30(3)23-32(5)45(55)46(62-9)44(54)31(4)22-28/h10-12,14-15,23,28,30-31,33-38,40-43,45-46,52,55,59H,13,16-22,24-27H2,1-9H3/b12-10+,14-11+,29-15+,32-23+/t28-,30-,31-,33-,34+,35+,36?,37+,38-,40+,41?,42-,43+,45+,46-,50-/m1/s1. The lowest BCUT2D eigenvalue weighted by molar-refractivity contribution is -0.266. The molecule has 1 saturated carbocycles. The van der Waals surface area contributed by atoms with Gasteiger partial charge in [0, 0.05) is 64.4 Å². The van der Waals surface area contributed by atoms with Gasteiger partial charge in [-0.3, -0.25) is 19.2 Å². The number of methoxy groups -OCH3 is 3. The topological polar surface area (TPSA) is 195 Å². The summed E-state index contributed by atoms with van der Waals surface area (Å²) in [4.78, 5) is 72.0. The number of Topliss-reactive ketones (excluding diaryl/α,β-unsaturated/α-hetero) is 3. The average molecular weight is 898 g/mol. The zero-order valence-electron chi connectivity index (χ0n) is 39.5. The van der Waals surface area contributed by atoms with Crippen LogP contribution in [0.15, 0.2) is 47.6 Å². The normalized spacial score (nSPS) is 43.2. The summed E-state index contributed by atoms with van der Waals surface area (Å²) < 4.78 is 29.4. The second kappa shape index (κ2) is 22.9. The van der Waals surface area contributed by atoms with Crippen molar-refractivity contribution in [2.24, 2.45) is 41.4 Å². The van der Waals surface area contributed by atoms with Gasteiger partial charge in [-0.25, -0.2) is 4.79 Å². The van der Waals surface area contributed by atoms with E-state index >= 15 is 0 Å². The number of carbonyl (C=O) groups is 5. The number of aliphatic hydroxyl groups is 3. The minimum absolute atomic E-state index is 0.0231. The molecule has 16 atom stereocenters. The lowest BCUT2D eigenvalue weighted by atomic mass is 9.68. The molecule has 14 nitrogen and oxygen atoms in total. The van der Waals surface area contributed by atoms with Crippen LogP contribution in [0.1, 0.15) is 112 Å². The second-order valence-electron chi connectivity index (χ2n) is 19.5. The quantitative estimate of drug-likeness (QED) is 0.181. The van der Waals surface area contributed by atoms with E-state index in [0.717, 1.165) is 5.57 Å². The highest BCUT2D eigenvalue weighted by Crippen LogP contribution is 2.45. The molecule has 14 heteroatoms. The summed E-state index contributed by atoms with van der Waals surface area (Å²) in [6.07, 6.45) is 10.8. The SMILES string of the molecule is CO[C@H]1C[C@@H]2CC[C@@H](C)[C@@](O)(O2)C(=O)C(=O)N2CCCC3[C@H](C[C@@H]4CC[C@@H](O)[C@H](OC)C4)C(CC(=O)[C@H](C)/C=C(\C)[C@H](O)[C@H](OC)C(=O)[C@H](C)C[C@H](C)/C=C/C=C/C=C/1C)OC(=O)[C@H]32. The zero-order chi connectivity index (χ0) is 47.0. The first kappa shape index (κ1) is 51.6. The number of hydrogen-bond donors (Lipinski definition) is 3. The Balaban J connectivity index is 1.51. The fraction of sp³-hybridized carbons (Fsp3) is 0.740. The fourth-order valence-electron chi connectivity index (χ4n) is 10.9. The highest BCUT2D eigenvalue weighted by atomic mass is 16.6. The molecule has 0 aromatic rings. The Bertz CT molecular complexity index is 1790. The zero-order valence-corrected chi connectivity index (χ0v) is 39.5. The molecule has 5 aliphatic rings. The van der Waals surface area contributed by atoms with Crippen LogP contribution in [0, 0.1) is 41.4 Å². The van der Waals surface area contributed by atoms with Gasteiger partial charge < -0.3 is 43.9 Å². The average Bonchev–Trinajstić information content (AvgIpc) is 3.27. The molecule has 4 heterocycles. The Labute approximate surface area is 379 Å². The minimum Gasteiger partial charge on any atom is -0.460 e. The van der Waals surface area contributed by atoms with Crippen LogP contribution >= 0.6 is 0 Å². The minimum atomic E-state index is -2.43.